The zero-order valence-electron chi connectivity index (χ0n) is 12.7. The minimum absolute atomic E-state index is 0.854. The summed E-state index contributed by atoms with van der Waals surface area (Å²) >= 11 is 5.56. The first-order valence-electron chi connectivity index (χ1n) is 8.13. The van der Waals surface area contributed by atoms with Crippen LogP contribution in [0, 0.1) is 0 Å². The molecule has 1 aromatic rings. The van der Waals surface area contributed by atoms with Gasteiger partial charge in [-0.1, -0.05) is 18.2 Å². The molecule has 1 aromatic carbocycles. The van der Waals surface area contributed by atoms with E-state index < -0.39 is 0 Å². The van der Waals surface area contributed by atoms with Gasteiger partial charge in [0.2, 0.25) is 0 Å². The summed E-state index contributed by atoms with van der Waals surface area (Å²) in [6.07, 6.45) is 4.84. The highest BCUT2D eigenvalue weighted by Crippen LogP contribution is 2.29. The number of hydrogen-bond donors (Lipinski definition) is 2. The topological polar surface area (TPSA) is 30.5 Å². The zero-order chi connectivity index (χ0) is 14.9. The van der Waals surface area contributed by atoms with Crippen molar-refractivity contribution in [1.82, 2.24) is 15.1 Å². The van der Waals surface area contributed by atoms with Gasteiger partial charge in [-0.2, -0.15) is 0 Å². The average molecular weight is 314 g/mol. The first kappa shape index (κ1) is 14.0. The molecule has 116 valence electrons. The Labute approximate surface area is 137 Å². The summed E-state index contributed by atoms with van der Waals surface area (Å²) < 4.78 is 0. The molecule has 2 fully saturated rings. The van der Waals surface area contributed by atoms with Gasteiger partial charge in [-0.3, -0.25) is 4.90 Å². The van der Waals surface area contributed by atoms with Crippen LogP contribution >= 0.6 is 12.2 Å². The van der Waals surface area contributed by atoms with Gasteiger partial charge in [-0.25, -0.2) is 0 Å². The van der Waals surface area contributed by atoms with E-state index in [4.69, 9.17) is 12.2 Å². The van der Waals surface area contributed by atoms with Crippen LogP contribution in [0.4, 0.5) is 5.69 Å². The summed E-state index contributed by atoms with van der Waals surface area (Å²) in [5, 5.41) is 7.59. The van der Waals surface area contributed by atoms with Crippen molar-refractivity contribution >= 4 is 28.6 Å². The summed E-state index contributed by atoms with van der Waals surface area (Å²) in [5.41, 5.74) is 3.76. The smallest absolute Gasteiger partial charge is 0.173 e. The van der Waals surface area contributed by atoms with Gasteiger partial charge >= 0.3 is 0 Å². The number of fused-ring (bicyclic) bond motifs is 1. The van der Waals surface area contributed by atoms with Crippen LogP contribution in [0.1, 0.15) is 18.4 Å². The summed E-state index contributed by atoms with van der Waals surface area (Å²) in [5.74, 6) is 0. The monoisotopic (exact) mass is 314 g/mol. The van der Waals surface area contributed by atoms with Gasteiger partial charge < -0.3 is 15.5 Å². The van der Waals surface area contributed by atoms with Crippen LogP contribution in [0.2, 0.25) is 0 Å². The van der Waals surface area contributed by atoms with E-state index in [2.05, 4.69) is 50.9 Å². The summed E-state index contributed by atoms with van der Waals surface area (Å²) in [4.78, 5) is 4.90. The molecular weight excluding hydrogens is 292 g/mol. The van der Waals surface area contributed by atoms with E-state index in [1.165, 1.54) is 29.7 Å². The van der Waals surface area contributed by atoms with Gasteiger partial charge in [0.25, 0.3) is 0 Å². The molecule has 0 atom stereocenters. The van der Waals surface area contributed by atoms with Crippen molar-refractivity contribution < 1.29 is 0 Å². The van der Waals surface area contributed by atoms with Crippen LogP contribution in [-0.2, 0) is 0 Å². The SMILES string of the molecule is S=C(N/C=C1/CNc2ccccc21)N1CCN(C2CC2)CC1. The van der Waals surface area contributed by atoms with Gasteiger partial charge in [0.1, 0.15) is 0 Å². The molecule has 0 radical (unpaired) electrons. The predicted molar refractivity (Wildman–Crippen MR) is 94.8 cm³/mol. The molecule has 22 heavy (non-hydrogen) atoms. The third kappa shape index (κ3) is 2.83. The normalized spacial score (nSPS) is 23.3. The Morgan fingerprint density at radius 2 is 1.95 bits per heavy atom. The van der Waals surface area contributed by atoms with Crippen LogP contribution in [0.3, 0.4) is 0 Å². The quantitative estimate of drug-likeness (QED) is 0.817. The van der Waals surface area contributed by atoms with E-state index >= 15 is 0 Å². The molecule has 1 saturated heterocycles. The Hall–Kier alpha value is -1.59. The molecule has 5 heteroatoms. The summed E-state index contributed by atoms with van der Waals surface area (Å²) in [7, 11) is 0. The summed E-state index contributed by atoms with van der Waals surface area (Å²) in [6.45, 7) is 5.24. The third-order valence-electron chi connectivity index (χ3n) is 4.78. The van der Waals surface area contributed by atoms with Gasteiger partial charge in [-0.05, 0) is 36.7 Å². The van der Waals surface area contributed by atoms with Crippen molar-refractivity contribution in [3.05, 3.63) is 36.0 Å². The lowest BCUT2D eigenvalue weighted by Gasteiger charge is -2.36. The number of nitrogens with one attached hydrogen (secondary N) is 2. The molecule has 2 aliphatic heterocycles. The molecule has 0 bridgehead atoms. The fourth-order valence-electron chi connectivity index (χ4n) is 3.30. The van der Waals surface area contributed by atoms with E-state index in [1.807, 2.05) is 0 Å². The fourth-order valence-corrected chi connectivity index (χ4v) is 3.54. The highest BCUT2D eigenvalue weighted by atomic mass is 32.1. The molecule has 0 aromatic heterocycles. The lowest BCUT2D eigenvalue weighted by molar-refractivity contribution is 0.174. The van der Waals surface area contributed by atoms with E-state index in [9.17, 15) is 0 Å². The second kappa shape index (κ2) is 5.89. The Morgan fingerprint density at radius 1 is 1.18 bits per heavy atom. The number of para-hydroxylation sites is 1. The van der Waals surface area contributed by atoms with Crippen molar-refractivity contribution in [3.63, 3.8) is 0 Å². The minimum atomic E-state index is 0.854. The first-order chi connectivity index (χ1) is 10.8. The zero-order valence-corrected chi connectivity index (χ0v) is 13.5. The molecule has 4 nitrogen and oxygen atoms in total. The van der Waals surface area contributed by atoms with Crippen LogP contribution in [-0.4, -0.2) is 53.7 Å². The van der Waals surface area contributed by atoms with E-state index in [-0.39, 0.29) is 0 Å². The van der Waals surface area contributed by atoms with Crippen LogP contribution < -0.4 is 10.6 Å². The number of rotatable bonds is 2. The second-order valence-corrected chi connectivity index (χ2v) is 6.66. The van der Waals surface area contributed by atoms with Crippen molar-refractivity contribution in [2.75, 3.05) is 38.0 Å². The lowest BCUT2D eigenvalue weighted by Crippen LogP contribution is -2.51. The Morgan fingerprint density at radius 3 is 2.73 bits per heavy atom. The van der Waals surface area contributed by atoms with Gasteiger partial charge in [0.15, 0.2) is 5.11 Å². The second-order valence-electron chi connectivity index (χ2n) is 6.27. The number of anilines is 1. The molecule has 1 aliphatic carbocycles. The molecule has 0 unspecified atom stereocenters. The lowest BCUT2D eigenvalue weighted by atomic mass is 10.1. The number of piperazine rings is 1. The molecule has 2 N–H and O–H groups in total. The number of hydrogen-bond acceptors (Lipinski definition) is 3. The highest BCUT2D eigenvalue weighted by molar-refractivity contribution is 7.80. The average Bonchev–Trinajstić information content (AvgIpc) is 3.34. The maximum atomic E-state index is 5.56. The van der Waals surface area contributed by atoms with Gasteiger partial charge in [0, 0.05) is 56.2 Å². The maximum Gasteiger partial charge on any atom is 0.173 e. The number of benzene rings is 1. The van der Waals surface area contributed by atoms with Gasteiger partial charge in [-0.15, -0.1) is 0 Å². The van der Waals surface area contributed by atoms with Crippen molar-refractivity contribution in [3.8, 4) is 0 Å². The predicted octanol–water partition coefficient (Wildman–Crippen LogP) is 2.11. The maximum absolute atomic E-state index is 5.56. The molecule has 1 saturated carbocycles. The highest BCUT2D eigenvalue weighted by Gasteiger charge is 2.31. The van der Waals surface area contributed by atoms with Crippen molar-refractivity contribution in [1.29, 1.82) is 0 Å². The fraction of sp³-hybridized carbons (Fsp3) is 0.471. The number of nitrogens with zero attached hydrogens (tertiary/aromatic N) is 2. The first-order valence-corrected chi connectivity index (χ1v) is 8.54. The van der Waals surface area contributed by atoms with Crippen molar-refractivity contribution in [2.45, 2.75) is 18.9 Å². The number of thiocarbonyl (C=S) groups is 1. The van der Waals surface area contributed by atoms with Gasteiger partial charge in [0.05, 0.1) is 0 Å². The van der Waals surface area contributed by atoms with Crippen LogP contribution in [0.15, 0.2) is 30.5 Å². The Bertz CT molecular complexity index is 600. The van der Waals surface area contributed by atoms with Crippen molar-refractivity contribution in [2.24, 2.45) is 0 Å². The van der Waals surface area contributed by atoms with E-state index in [0.717, 1.165) is 43.9 Å². The minimum Gasteiger partial charge on any atom is -0.380 e. The molecular formula is C17H22N4S. The summed E-state index contributed by atoms with van der Waals surface area (Å²) in [6, 6.07) is 9.28. The molecule has 2 heterocycles. The largest absolute Gasteiger partial charge is 0.380 e. The van der Waals surface area contributed by atoms with E-state index in [0.29, 0.717) is 0 Å². The van der Waals surface area contributed by atoms with E-state index in [1.54, 1.807) is 0 Å². The van der Waals surface area contributed by atoms with Crippen LogP contribution in [0.25, 0.3) is 5.57 Å². The Balaban J connectivity index is 1.34. The molecule has 3 aliphatic rings. The Kier molecular flexibility index (Phi) is 3.76. The molecule has 0 spiro atoms. The molecule has 4 rings (SSSR count). The van der Waals surface area contributed by atoms with Crippen LogP contribution in [0.5, 0.6) is 0 Å². The standard InChI is InChI=1S/C17H22N4S/c22-17(21-9-7-20(8-10-21)14-5-6-14)19-12-13-11-18-16-4-2-1-3-15(13)16/h1-4,12,14,18H,5-11H2,(H,19,22)/b13-12-. The molecule has 0 amide bonds. The third-order valence-corrected chi connectivity index (χ3v) is 5.15.